The number of hydrogen-bond acceptors (Lipinski definition) is 2. The van der Waals surface area contributed by atoms with Crippen molar-refractivity contribution in [1.29, 1.82) is 0 Å². The Kier molecular flexibility index (Phi) is 4.36. The molecule has 0 aliphatic carbocycles. The van der Waals surface area contributed by atoms with E-state index in [1.54, 1.807) is 23.1 Å². The van der Waals surface area contributed by atoms with Crippen LogP contribution in [0.2, 0.25) is 5.02 Å². The van der Waals surface area contributed by atoms with Gasteiger partial charge in [0.1, 0.15) is 6.54 Å². The van der Waals surface area contributed by atoms with Crippen LogP contribution in [0.4, 0.5) is 0 Å². The van der Waals surface area contributed by atoms with Crippen molar-refractivity contribution < 1.29 is 4.79 Å². The Labute approximate surface area is 111 Å². The van der Waals surface area contributed by atoms with Crippen LogP contribution in [0.5, 0.6) is 0 Å². The van der Waals surface area contributed by atoms with Crippen LogP contribution < -0.4 is 5.32 Å². The number of carbonyl (C=O) groups is 1. The van der Waals surface area contributed by atoms with Crippen LogP contribution in [0.3, 0.4) is 0 Å². The zero-order valence-corrected chi connectivity index (χ0v) is 10.6. The lowest BCUT2D eigenvalue weighted by Gasteiger charge is -2.05. The average Bonchev–Trinajstić information content (AvgIpc) is 2.82. The second-order valence-electron chi connectivity index (χ2n) is 3.93. The summed E-state index contributed by atoms with van der Waals surface area (Å²) >= 11 is 5.88. The number of nitrogens with one attached hydrogen (secondary N) is 1. The van der Waals surface area contributed by atoms with Gasteiger partial charge in [0.05, 0.1) is 0 Å². The summed E-state index contributed by atoms with van der Waals surface area (Å²) in [7, 11) is 0. The second-order valence-corrected chi connectivity index (χ2v) is 4.37. The number of carbonyl (C=O) groups excluding carboxylic acids is 1. The monoisotopic (exact) mass is 263 g/mol. The normalized spacial score (nSPS) is 10.3. The van der Waals surface area contributed by atoms with Crippen molar-refractivity contribution in [3.63, 3.8) is 0 Å². The van der Waals surface area contributed by atoms with Crippen LogP contribution in [-0.2, 0) is 17.8 Å². The van der Waals surface area contributed by atoms with E-state index in [2.05, 4.69) is 10.4 Å². The van der Waals surface area contributed by atoms with E-state index in [-0.39, 0.29) is 12.5 Å². The number of aromatic nitrogens is 2. The highest BCUT2D eigenvalue weighted by Gasteiger charge is 2.02. The van der Waals surface area contributed by atoms with E-state index in [4.69, 9.17) is 11.6 Å². The number of amides is 1. The molecule has 0 saturated carbocycles. The molecule has 2 rings (SSSR count). The van der Waals surface area contributed by atoms with Crippen LogP contribution in [0.1, 0.15) is 5.56 Å². The van der Waals surface area contributed by atoms with E-state index >= 15 is 0 Å². The molecule has 1 aromatic carbocycles. The van der Waals surface area contributed by atoms with Gasteiger partial charge in [0.25, 0.3) is 0 Å². The minimum absolute atomic E-state index is 0.0410. The minimum Gasteiger partial charge on any atom is -0.354 e. The summed E-state index contributed by atoms with van der Waals surface area (Å²) < 4.78 is 1.59. The lowest BCUT2D eigenvalue weighted by atomic mass is 10.1. The predicted octanol–water partition coefficient (Wildman–Crippen LogP) is 1.90. The molecule has 1 heterocycles. The molecule has 0 atom stereocenters. The van der Waals surface area contributed by atoms with Gasteiger partial charge in [0.15, 0.2) is 0 Å². The Morgan fingerprint density at radius 1 is 1.39 bits per heavy atom. The zero-order valence-electron chi connectivity index (χ0n) is 9.84. The largest absolute Gasteiger partial charge is 0.354 e. The molecule has 1 amide bonds. The van der Waals surface area contributed by atoms with E-state index in [1.165, 1.54) is 0 Å². The van der Waals surface area contributed by atoms with E-state index < -0.39 is 0 Å². The molecule has 4 nitrogen and oxygen atoms in total. The number of benzene rings is 1. The fraction of sp³-hybridized carbons (Fsp3) is 0.231. The first kappa shape index (κ1) is 12.6. The van der Waals surface area contributed by atoms with Gasteiger partial charge in [-0.05, 0) is 30.2 Å². The highest BCUT2D eigenvalue weighted by atomic mass is 35.5. The Hall–Kier alpha value is -1.81. The summed E-state index contributed by atoms with van der Waals surface area (Å²) in [5.74, 6) is -0.0410. The molecule has 5 heteroatoms. The molecular formula is C13H14ClN3O. The number of nitrogens with zero attached hydrogens (tertiary/aromatic N) is 2. The number of hydrogen-bond donors (Lipinski definition) is 1. The lowest BCUT2D eigenvalue weighted by Crippen LogP contribution is -2.29. The molecule has 0 radical (unpaired) electrons. The summed E-state index contributed by atoms with van der Waals surface area (Å²) in [6.07, 6.45) is 4.18. The zero-order chi connectivity index (χ0) is 12.8. The molecule has 0 fully saturated rings. The van der Waals surface area contributed by atoms with Gasteiger partial charge >= 0.3 is 0 Å². The first-order chi connectivity index (χ1) is 8.74. The molecule has 94 valence electrons. The van der Waals surface area contributed by atoms with Crippen LogP contribution in [0.15, 0.2) is 42.7 Å². The SMILES string of the molecule is O=C(Cn1cccn1)NCCc1cccc(Cl)c1. The first-order valence-corrected chi connectivity index (χ1v) is 6.10. The minimum atomic E-state index is -0.0410. The van der Waals surface area contributed by atoms with E-state index in [0.717, 1.165) is 17.0 Å². The van der Waals surface area contributed by atoms with Gasteiger partial charge in [-0.1, -0.05) is 23.7 Å². The van der Waals surface area contributed by atoms with Crippen LogP contribution in [-0.4, -0.2) is 22.2 Å². The maximum Gasteiger partial charge on any atom is 0.241 e. The van der Waals surface area contributed by atoms with Crippen molar-refractivity contribution in [3.8, 4) is 0 Å². The summed E-state index contributed by atoms with van der Waals surface area (Å²) in [6, 6.07) is 9.43. The van der Waals surface area contributed by atoms with Crippen LogP contribution in [0.25, 0.3) is 0 Å². The molecule has 0 spiro atoms. The molecule has 0 aliphatic rings. The lowest BCUT2D eigenvalue weighted by molar-refractivity contribution is -0.121. The molecule has 0 saturated heterocycles. The van der Waals surface area contributed by atoms with Crippen LogP contribution in [0, 0.1) is 0 Å². The molecule has 0 aliphatic heterocycles. The molecule has 1 aromatic heterocycles. The molecule has 0 unspecified atom stereocenters. The second kappa shape index (κ2) is 6.21. The van der Waals surface area contributed by atoms with Crippen molar-refractivity contribution in [1.82, 2.24) is 15.1 Å². The van der Waals surface area contributed by atoms with Crippen molar-refractivity contribution in [2.45, 2.75) is 13.0 Å². The van der Waals surface area contributed by atoms with Gasteiger partial charge in [0.2, 0.25) is 5.91 Å². The fourth-order valence-corrected chi connectivity index (χ4v) is 1.85. The van der Waals surface area contributed by atoms with Gasteiger partial charge in [-0.2, -0.15) is 5.10 Å². The smallest absolute Gasteiger partial charge is 0.241 e. The van der Waals surface area contributed by atoms with E-state index in [9.17, 15) is 4.79 Å². The summed E-state index contributed by atoms with van der Waals surface area (Å²) in [6.45, 7) is 0.850. The summed E-state index contributed by atoms with van der Waals surface area (Å²) in [4.78, 5) is 11.6. The maximum atomic E-state index is 11.6. The molecule has 18 heavy (non-hydrogen) atoms. The molecular weight excluding hydrogens is 250 g/mol. The highest BCUT2D eigenvalue weighted by molar-refractivity contribution is 6.30. The Morgan fingerprint density at radius 3 is 3.00 bits per heavy atom. The van der Waals surface area contributed by atoms with Crippen molar-refractivity contribution in [2.75, 3.05) is 6.54 Å². The first-order valence-electron chi connectivity index (χ1n) is 5.72. The number of rotatable bonds is 5. The van der Waals surface area contributed by atoms with E-state index in [1.807, 2.05) is 24.3 Å². The maximum absolute atomic E-state index is 11.6. The third kappa shape index (κ3) is 3.89. The fourth-order valence-electron chi connectivity index (χ4n) is 1.64. The van der Waals surface area contributed by atoms with Crippen molar-refractivity contribution in [3.05, 3.63) is 53.3 Å². The Bertz CT molecular complexity index is 511. The summed E-state index contributed by atoms with van der Waals surface area (Å²) in [5.41, 5.74) is 1.11. The third-order valence-corrected chi connectivity index (χ3v) is 2.72. The highest BCUT2D eigenvalue weighted by Crippen LogP contribution is 2.10. The Morgan fingerprint density at radius 2 is 2.28 bits per heavy atom. The van der Waals surface area contributed by atoms with E-state index in [0.29, 0.717) is 6.54 Å². The molecule has 2 aromatic rings. The standard InChI is InChI=1S/C13H14ClN3O/c14-12-4-1-3-11(9-12)5-7-15-13(18)10-17-8-2-6-16-17/h1-4,6,8-9H,5,7,10H2,(H,15,18). The van der Waals surface area contributed by atoms with Crippen molar-refractivity contribution >= 4 is 17.5 Å². The quantitative estimate of drug-likeness (QED) is 0.896. The average molecular weight is 264 g/mol. The van der Waals surface area contributed by atoms with Crippen molar-refractivity contribution in [2.24, 2.45) is 0 Å². The topological polar surface area (TPSA) is 46.9 Å². The Balaban J connectivity index is 1.73. The van der Waals surface area contributed by atoms with Gasteiger partial charge in [-0.25, -0.2) is 0 Å². The van der Waals surface area contributed by atoms with Gasteiger partial charge in [0, 0.05) is 24.0 Å². The number of halogens is 1. The van der Waals surface area contributed by atoms with Crippen LogP contribution >= 0.6 is 11.6 Å². The van der Waals surface area contributed by atoms with Gasteiger partial charge in [-0.15, -0.1) is 0 Å². The summed E-state index contributed by atoms with van der Waals surface area (Å²) in [5, 5.41) is 7.54. The van der Waals surface area contributed by atoms with Gasteiger partial charge < -0.3 is 5.32 Å². The third-order valence-electron chi connectivity index (χ3n) is 2.49. The molecule has 0 bridgehead atoms. The molecule has 1 N–H and O–H groups in total. The van der Waals surface area contributed by atoms with Gasteiger partial charge in [-0.3, -0.25) is 9.48 Å². The predicted molar refractivity (Wildman–Crippen MR) is 70.4 cm³/mol.